The van der Waals surface area contributed by atoms with Gasteiger partial charge in [0.1, 0.15) is 0 Å². The van der Waals surface area contributed by atoms with E-state index in [0.717, 1.165) is 27.0 Å². The van der Waals surface area contributed by atoms with Gasteiger partial charge in [-0.3, -0.25) is 0 Å². The van der Waals surface area contributed by atoms with Gasteiger partial charge >= 0.3 is 0 Å². The smallest absolute Gasteiger partial charge is 0.0715 e. The van der Waals surface area contributed by atoms with Crippen molar-refractivity contribution in [1.82, 2.24) is 4.98 Å². The normalized spacial score (nSPS) is 10.7. The quantitative estimate of drug-likeness (QED) is 0.356. The second kappa shape index (κ2) is 7.27. The number of aryl methyl sites for hydroxylation is 1. The first kappa shape index (κ1) is 16.7. The minimum atomic E-state index is 0.981. The molecule has 2 heteroatoms. The van der Waals surface area contributed by atoms with E-state index in [1.807, 2.05) is 6.07 Å². The molecule has 0 spiro atoms. The minimum absolute atomic E-state index is 0.981. The summed E-state index contributed by atoms with van der Waals surface area (Å²) in [6, 6.07) is 31.6. The predicted octanol–water partition coefficient (Wildman–Crippen LogP) is 7.15. The van der Waals surface area contributed by atoms with Gasteiger partial charge in [0, 0.05) is 15.6 Å². The fraction of sp³-hybridized carbons (Fsp3) is 0.0417. The summed E-state index contributed by atoms with van der Waals surface area (Å²) in [5, 5.41) is 0. The number of hydrogen-bond acceptors (Lipinski definition) is 1. The van der Waals surface area contributed by atoms with Crippen molar-refractivity contribution in [2.45, 2.75) is 6.92 Å². The highest BCUT2D eigenvalue weighted by Gasteiger charge is 2.09. The van der Waals surface area contributed by atoms with Crippen LogP contribution in [-0.4, -0.2) is 4.98 Å². The lowest BCUT2D eigenvalue weighted by atomic mass is 10.00. The van der Waals surface area contributed by atoms with Crippen LogP contribution in [0.2, 0.25) is 0 Å². The molecule has 0 radical (unpaired) electrons. The van der Waals surface area contributed by atoms with Crippen LogP contribution in [0, 0.1) is 6.92 Å². The summed E-state index contributed by atoms with van der Waals surface area (Å²) < 4.78 is 1.07. The second-order valence-electron chi connectivity index (χ2n) is 6.37. The molecule has 0 atom stereocenters. The number of halogens is 1. The van der Waals surface area contributed by atoms with Crippen LogP contribution in [0.5, 0.6) is 0 Å². The summed E-state index contributed by atoms with van der Waals surface area (Å²) >= 11 is 3.51. The molecular formula is C24H18BrN. The highest BCUT2D eigenvalue weighted by Crippen LogP contribution is 2.30. The Morgan fingerprint density at radius 2 is 1.12 bits per heavy atom. The third-order valence-electron chi connectivity index (χ3n) is 4.42. The van der Waals surface area contributed by atoms with Gasteiger partial charge in [-0.25, -0.2) is 4.98 Å². The van der Waals surface area contributed by atoms with Gasteiger partial charge in [-0.1, -0.05) is 88.2 Å². The van der Waals surface area contributed by atoms with Crippen LogP contribution >= 0.6 is 15.9 Å². The average molecular weight is 400 g/mol. The van der Waals surface area contributed by atoms with Crippen molar-refractivity contribution in [3.05, 3.63) is 101 Å². The van der Waals surface area contributed by atoms with Gasteiger partial charge < -0.3 is 0 Å². The number of hydrogen-bond donors (Lipinski definition) is 0. The molecule has 0 aliphatic rings. The first-order chi connectivity index (χ1) is 12.7. The van der Waals surface area contributed by atoms with Crippen molar-refractivity contribution in [2.24, 2.45) is 0 Å². The molecule has 1 nitrogen and oxygen atoms in total. The molecule has 3 aromatic carbocycles. The Hall–Kier alpha value is -2.71. The number of rotatable bonds is 3. The van der Waals surface area contributed by atoms with Crippen molar-refractivity contribution >= 4 is 15.9 Å². The van der Waals surface area contributed by atoms with Crippen molar-refractivity contribution < 1.29 is 0 Å². The Morgan fingerprint density at radius 1 is 0.577 bits per heavy atom. The fourth-order valence-electron chi connectivity index (χ4n) is 2.97. The molecule has 0 saturated carbocycles. The van der Waals surface area contributed by atoms with Gasteiger partial charge in [-0.05, 0) is 42.3 Å². The molecule has 0 fully saturated rings. The Morgan fingerprint density at radius 3 is 1.69 bits per heavy atom. The summed E-state index contributed by atoms with van der Waals surface area (Å²) in [4.78, 5) is 4.94. The van der Waals surface area contributed by atoms with E-state index < -0.39 is 0 Å². The predicted molar refractivity (Wildman–Crippen MR) is 113 cm³/mol. The maximum Gasteiger partial charge on any atom is 0.0715 e. The standard InChI is InChI=1S/C24H18BrN/c1-17-7-9-19(10-8-17)23-15-21(18-5-3-2-4-6-18)16-24(26-23)20-11-13-22(25)14-12-20/h2-16H,1H3. The number of nitrogens with zero attached hydrogens (tertiary/aromatic N) is 1. The van der Waals surface area contributed by atoms with Crippen molar-refractivity contribution in [2.75, 3.05) is 0 Å². The lowest BCUT2D eigenvalue weighted by Crippen LogP contribution is -1.91. The molecule has 126 valence electrons. The van der Waals surface area contributed by atoms with Gasteiger partial charge in [0.25, 0.3) is 0 Å². The highest BCUT2D eigenvalue weighted by atomic mass is 79.9. The van der Waals surface area contributed by atoms with E-state index in [9.17, 15) is 0 Å². The molecule has 0 unspecified atom stereocenters. The lowest BCUT2D eigenvalue weighted by Gasteiger charge is -2.10. The van der Waals surface area contributed by atoms with Gasteiger partial charge in [-0.2, -0.15) is 0 Å². The zero-order valence-corrected chi connectivity index (χ0v) is 16.1. The van der Waals surface area contributed by atoms with E-state index >= 15 is 0 Å². The van der Waals surface area contributed by atoms with Crippen LogP contribution in [0.4, 0.5) is 0 Å². The first-order valence-electron chi connectivity index (χ1n) is 8.59. The van der Waals surface area contributed by atoms with Crippen LogP contribution < -0.4 is 0 Å². The van der Waals surface area contributed by atoms with Gasteiger partial charge in [0.05, 0.1) is 11.4 Å². The molecule has 4 rings (SSSR count). The molecular weight excluding hydrogens is 382 g/mol. The van der Waals surface area contributed by atoms with Crippen LogP contribution in [-0.2, 0) is 0 Å². The minimum Gasteiger partial charge on any atom is -0.248 e. The van der Waals surface area contributed by atoms with E-state index in [4.69, 9.17) is 4.98 Å². The number of pyridine rings is 1. The Labute approximate surface area is 162 Å². The van der Waals surface area contributed by atoms with E-state index in [1.165, 1.54) is 16.7 Å². The SMILES string of the molecule is Cc1ccc(-c2cc(-c3ccccc3)cc(-c3ccc(Br)cc3)n2)cc1. The number of aromatic nitrogens is 1. The zero-order chi connectivity index (χ0) is 17.9. The molecule has 26 heavy (non-hydrogen) atoms. The Balaban J connectivity index is 1.89. The van der Waals surface area contributed by atoms with Gasteiger partial charge in [0.15, 0.2) is 0 Å². The molecule has 1 aromatic heterocycles. The molecule has 0 saturated heterocycles. The zero-order valence-electron chi connectivity index (χ0n) is 14.5. The van der Waals surface area contributed by atoms with Crippen LogP contribution in [0.15, 0.2) is 95.5 Å². The Kier molecular flexibility index (Phi) is 4.68. The van der Waals surface area contributed by atoms with Gasteiger partial charge in [-0.15, -0.1) is 0 Å². The molecule has 0 amide bonds. The summed E-state index contributed by atoms with van der Waals surface area (Å²) in [5.74, 6) is 0. The second-order valence-corrected chi connectivity index (χ2v) is 7.28. The maximum atomic E-state index is 4.94. The number of benzene rings is 3. The largest absolute Gasteiger partial charge is 0.248 e. The average Bonchev–Trinajstić information content (AvgIpc) is 2.69. The topological polar surface area (TPSA) is 12.9 Å². The van der Waals surface area contributed by atoms with Gasteiger partial charge in [0.2, 0.25) is 0 Å². The lowest BCUT2D eigenvalue weighted by molar-refractivity contribution is 1.32. The fourth-order valence-corrected chi connectivity index (χ4v) is 3.23. The third kappa shape index (κ3) is 3.61. The summed E-state index contributed by atoms with van der Waals surface area (Å²) in [6.07, 6.45) is 0. The molecule has 1 heterocycles. The van der Waals surface area contributed by atoms with Crippen LogP contribution in [0.25, 0.3) is 33.6 Å². The van der Waals surface area contributed by atoms with Crippen LogP contribution in [0.3, 0.4) is 0 Å². The first-order valence-corrected chi connectivity index (χ1v) is 9.39. The summed E-state index contributed by atoms with van der Waals surface area (Å²) in [5.41, 5.74) is 7.83. The maximum absolute atomic E-state index is 4.94. The summed E-state index contributed by atoms with van der Waals surface area (Å²) in [6.45, 7) is 2.10. The van der Waals surface area contributed by atoms with E-state index in [1.54, 1.807) is 0 Å². The molecule has 0 bridgehead atoms. The molecule has 0 aliphatic carbocycles. The van der Waals surface area contributed by atoms with E-state index in [2.05, 4.69) is 108 Å². The molecule has 0 aliphatic heterocycles. The highest BCUT2D eigenvalue weighted by molar-refractivity contribution is 9.10. The monoisotopic (exact) mass is 399 g/mol. The molecule has 0 N–H and O–H groups in total. The van der Waals surface area contributed by atoms with E-state index in [-0.39, 0.29) is 0 Å². The van der Waals surface area contributed by atoms with Crippen molar-refractivity contribution in [3.63, 3.8) is 0 Å². The summed E-state index contributed by atoms with van der Waals surface area (Å²) in [7, 11) is 0. The van der Waals surface area contributed by atoms with E-state index in [0.29, 0.717) is 0 Å². The van der Waals surface area contributed by atoms with Crippen LogP contribution in [0.1, 0.15) is 5.56 Å². The van der Waals surface area contributed by atoms with Crippen molar-refractivity contribution in [3.8, 4) is 33.6 Å². The Bertz CT molecular complexity index is 956. The van der Waals surface area contributed by atoms with Crippen molar-refractivity contribution in [1.29, 1.82) is 0 Å². The molecule has 4 aromatic rings. The third-order valence-corrected chi connectivity index (χ3v) is 4.95.